The lowest BCUT2D eigenvalue weighted by Crippen LogP contribution is -2.48. The normalized spacial score (nSPS) is 19.6. The molecule has 2 fully saturated rings. The van der Waals surface area contributed by atoms with Gasteiger partial charge >= 0.3 is 0 Å². The zero-order chi connectivity index (χ0) is 21.6. The van der Waals surface area contributed by atoms with Crippen LogP contribution in [-0.2, 0) is 23.1 Å². The molecule has 1 N–H and O–H groups in total. The first-order valence-corrected chi connectivity index (χ1v) is 11.2. The van der Waals surface area contributed by atoms with Gasteiger partial charge in [-0.15, -0.1) is 24.0 Å². The lowest BCUT2D eigenvalue weighted by molar-refractivity contribution is -0.119. The zero-order valence-electron chi connectivity index (χ0n) is 18.9. The molecule has 0 spiro atoms. The zero-order valence-corrected chi connectivity index (χ0v) is 21.2. The third kappa shape index (κ3) is 6.00. The number of rotatable bonds is 5. The monoisotopic (exact) mass is 552 g/mol. The lowest BCUT2D eigenvalue weighted by atomic mass is 10.1. The van der Waals surface area contributed by atoms with E-state index in [1.807, 2.05) is 36.5 Å². The van der Waals surface area contributed by atoms with Gasteiger partial charge in [0.25, 0.3) is 0 Å². The number of hydrogen-bond donors (Lipinski definition) is 1. The lowest BCUT2D eigenvalue weighted by Gasteiger charge is -2.34. The average molecular weight is 552 g/mol. The first kappa shape index (κ1) is 24.5. The Bertz CT molecular complexity index is 913. The molecule has 3 heterocycles. The number of carbonyl (C=O) groups is 1. The van der Waals surface area contributed by atoms with Gasteiger partial charge in [0.15, 0.2) is 5.96 Å². The molecule has 1 atom stereocenters. The van der Waals surface area contributed by atoms with Crippen LogP contribution in [0.1, 0.15) is 43.4 Å². The number of benzene rings is 1. The molecular formula is C23H33IN6O2. The van der Waals surface area contributed by atoms with Crippen molar-refractivity contribution in [3.8, 4) is 0 Å². The molecule has 2 aliphatic heterocycles. The maximum Gasteiger partial charge on any atom is 0.226 e. The van der Waals surface area contributed by atoms with Gasteiger partial charge in [-0.25, -0.2) is 4.99 Å². The van der Waals surface area contributed by atoms with E-state index in [0.29, 0.717) is 19.6 Å². The minimum atomic E-state index is -0.00679. The average Bonchev–Trinajstić information content (AvgIpc) is 3.24. The number of nitrogens with zero attached hydrogens (tertiary/aromatic N) is 5. The van der Waals surface area contributed by atoms with Gasteiger partial charge in [-0.05, 0) is 37.5 Å². The third-order valence-corrected chi connectivity index (χ3v) is 5.78. The van der Waals surface area contributed by atoms with E-state index in [4.69, 9.17) is 9.73 Å². The van der Waals surface area contributed by atoms with Gasteiger partial charge in [0.05, 0.1) is 25.9 Å². The highest BCUT2D eigenvalue weighted by Gasteiger charge is 2.25. The summed E-state index contributed by atoms with van der Waals surface area (Å²) in [6.07, 6.45) is 6.59. The molecule has 1 unspecified atom stereocenters. The van der Waals surface area contributed by atoms with Gasteiger partial charge in [0.1, 0.15) is 6.10 Å². The summed E-state index contributed by atoms with van der Waals surface area (Å²) < 4.78 is 7.77. The fraction of sp³-hybridized carbons (Fsp3) is 0.522. The second kappa shape index (κ2) is 11.6. The number of anilines is 1. The maximum atomic E-state index is 12.1. The molecule has 8 nitrogen and oxygen atoms in total. The highest BCUT2D eigenvalue weighted by Crippen LogP contribution is 2.23. The Kier molecular flexibility index (Phi) is 8.92. The molecule has 1 aromatic carbocycles. The second-order valence-corrected chi connectivity index (χ2v) is 8.09. The predicted octanol–water partition coefficient (Wildman–Crippen LogP) is 3.09. The molecule has 2 aromatic rings. The van der Waals surface area contributed by atoms with Gasteiger partial charge < -0.3 is 19.9 Å². The minimum absolute atomic E-state index is 0. The number of ether oxygens (including phenoxy) is 1. The van der Waals surface area contributed by atoms with Crippen LogP contribution in [0.3, 0.4) is 0 Å². The molecule has 1 aromatic heterocycles. The highest BCUT2D eigenvalue weighted by molar-refractivity contribution is 14.0. The first-order chi connectivity index (χ1) is 15.1. The predicted molar refractivity (Wildman–Crippen MR) is 136 cm³/mol. The standard InChI is InChI=1S/C23H32N6O2.HI/c1-3-24-23(28-12-13-31-21(17-28)19-15-26-27(2)16-19)25-14-18-7-9-20(10-8-18)29-11-5-4-6-22(29)30;/h7-10,15-16,21H,3-6,11-14,17H2,1-2H3,(H,24,25);1H. The summed E-state index contributed by atoms with van der Waals surface area (Å²) in [5, 5.41) is 7.68. The Morgan fingerprint density at radius 1 is 1.25 bits per heavy atom. The molecule has 0 bridgehead atoms. The third-order valence-electron chi connectivity index (χ3n) is 5.78. The quantitative estimate of drug-likeness (QED) is 0.351. The SMILES string of the molecule is CCNC(=NCc1ccc(N2CCCCC2=O)cc1)N1CCOC(c2cnn(C)c2)C1.I. The van der Waals surface area contributed by atoms with Crippen molar-refractivity contribution in [1.82, 2.24) is 20.0 Å². The van der Waals surface area contributed by atoms with E-state index in [-0.39, 0.29) is 36.0 Å². The smallest absolute Gasteiger partial charge is 0.226 e. The number of aromatic nitrogens is 2. The molecule has 1 amide bonds. The summed E-state index contributed by atoms with van der Waals surface area (Å²) in [7, 11) is 1.92. The van der Waals surface area contributed by atoms with Crippen LogP contribution in [0.5, 0.6) is 0 Å². The number of nitrogens with one attached hydrogen (secondary N) is 1. The van der Waals surface area contributed by atoms with Gasteiger partial charge in [0, 0.05) is 50.6 Å². The molecule has 32 heavy (non-hydrogen) atoms. The number of halogens is 1. The Labute approximate surface area is 207 Å². The van der Waals surface area contributed by atoms with E-state index in [0.717, 1.165) is 61.8 Å². The summed E-state index contributed by atoms with van der Waals surface area (Å²) in [6, 6.07) is 8.21. The number of aliphatic imine (C=N–C) groups is 1. The number of carbonyl (C=O) groups excluding carboxylic acids is 1. The van der Waals surface area contributed by atoms with Crippen molar-refractivity contribution in [2.45, 2.75) is 38.8 Å². The Balaban J connectivity index is 0.00000289. The van der Waals surface area contributed by atoms with Crippen LogP contribution in [-0.4, -0.2) is 59.3 Å². The first-order valence-electron chi connectivity index (χ1n) is 11.2. The molecule has 0 radical (unpaired) electrons. The van der Waals surface area contributed by atoms with Crippen LogP contribution in [0.2, 0.25) is 0 Å². The van der Waals surface area contributed by atoms with Gasteiger partial charge in [-0.1, -0.05) is 12.1 Å². The fourth-order valence-electron chi connectivity index (χ4n) is 4.10. The summed E-state index contributed by atoms with van der Waals surface area (Å²) in [5.41, 5.74) is 3.20. The van der Waals surface area contributed by atoms with E-state index in [2.05, 4.69) is 34.4 Å². The van der Waals surface area contributed by atoms with E-state index in [9.17, 15) is 4.79 Å². The van der Waals surface area contributed by atoms with Crippen LogP contribution in [0, 0.1) is 0 Å². The van der Waals surface area contributed by atoms with Crippen molar-refractivity contribution in [2.75, 3.05) is 37.7 Å². The molecule has 0 aliphatic carbocycles. The van der Waals surface area contributed by atoms with Crippen molar-refractivity contribution in [3.63, 3.8) is 0 Å². The van der Waals surface area contributed by atoms with Gasteiger partial charge in [-0.3, -0.25) is 9.48 Å². The summed E-state index contributed by atoms with van der Waals surface area (Å²) in [5.74, 6) is 1.12. The Hall–Kier alpha value is -2.14. The van der Waals surface area contributed by atoms with Crippen LogP contribution < -0.4 is 10.2 Å². The summed E-state index contributed by atoms with van der Waals surface area (Å²) >= 11 is 0. The minimum Gasteiger partial charge on any atom is -0.370 e. The second-order valence-electron chi connectivity index (χ2n) is 8.09. The van der Waals surface area contributed by atoms with Crippen molar-refractivity contribution < 1.29 is 9.53 Å². The molecule has 2 saturated heterocycles. The summed E-state index contributed by atoms with van der Waals surface area (Å²) in [6.45, 7) is 6.50. The number of piperidine rings is 1. The number of morpholine rings is 1. The topological polar surface area (TPSA) is 75.0 Å². The number of amides is 1. The Morgan fingerprint density at radius 2 is 2.06 bits per heavy atom. The van der Waals surface area contributed by atoms with Crippen molar-refractivity contribution in [1.29, 1.82) is 0 Å². The number of hydrogen-bond acceptors (Lipinski definition) is 4. The number of aryl methyl sites for hydroxylation is 1. The summed E-state index contributed by atoms with van der Waals surface area (Å²) in [4.78, 5) is 21.2. The number of guanidine groups is 1. The van der Waals surface area contributed by atoms with E-state index in [1.54, 1.807) is 4.68 Å². The van der Waals surface area contributed by atoms with E-state index in [1.165, 1.54) is 0 Å². The van der Waals surface area contributed by atoms with Crippen LogP contribution >= 0.6 is 24.0 Å². The maximum absolute atomic E-state index is 12.1. The largest absolute Gasteiger partial charge is 0.370 e. The van der Waals surface area contributed by atoms with Crippen molar-refractivity contribution in [2.24, 2.45) is 12.0 Å². The van der Waals surface area contributed by atoms with E-state index < -0.39 is 0 Å². The molecule has 2 aliphatic rings. The fourth-order valence-corrected chi connectivity index (χ4v) is 4.10. The van der Waals surface area contributed by atoms with Crippen molar-refractivity contribution in [3.05, 3.63) is 47.8 Å². The van der Waals surface area contributed by atoms with Crippen LogP contribution in [0.25, 0.3) is 0 Å². The van der Waals surface area contributed by atoms with Gasteiger partial charge in [-0.2, -0.15) is 5.10 Å². The van der Waals surface area contributed by atoms with Crippen LogP contribution in [0.4, 0.5) is 5.69 Å². The van der Waals surface area contributed by atoms with E-state index >= 15 is 0 Å². The van der Waals surface area contributed by atoms with Crippen molar-refractivity contribution >= 4 is 41.5 Å². The molecule has 4 rings (SSSR count). The molecular weight excluding hydrogens is 519 g/mol. The molecule has 174 valence electrons. The molecule has 9 heteroatoms. The van der Waals surface area contributed by atoms with Crippen LogP contribution in [0.15, 0.2) is 41.7 Å². The Morgan fingerprint density at radius 3 is 2.75 bits per heavy atom. The molecule has 0 saturated carbocycles. The highest BCUT2D eigenvalue weighted by atomic mass is 127. The van der Waals surface area contributed by atoms with Gasteiger partial charge in [0.2, 0.25) is 5.91 Å².